The number of nitrogens with zero attached hydrogens (tertiary/aromatic N) is 4. The van der Waals surface area contributed by atoms with Crippen molar-refractivity contribution in [2.24, 2.45) is 0 Å². The molecule has 3 aromatic rings. The summed E-state index contributed by atoms with van der Waals surface area (Å²) in [6.07, 6.45) is 3.01. The van der Waals surface area contributed by atoms with Gasteiger partial charge >= 0.3 is 0 Å². The van der Waals surface area contributed by atoms with Gasteiger partial charge in [-0.15, -0.1) is 10.2 Å². The Kier molecular flexibility index (Phi) is 7.46. The van der Waals surface area contributed by atoms with Crippen molar-refractivity contribution < 1.29 is 17.9 Å². The highest BCUT2D eigenvalue weighted by Crippen LogP contribution is 2.34. The molecule has 3 heterocycles. The molecule has 1 saturated heterocycles. The third-order valence-electron chi connectivity index (χ3n) is 5.94. The summed E-state index contributed by atoms with van der Waals surface area (Å²) in [7, 11) is -2.32. The van der Waals surface area contributed by atoms with E-state index in [0.717, 1.165) is 18.4 Å². The van der Waals surface area contributed by atoms with E-state index < -0.39 is 10.0 Å². The molecule has 1 aliphatic rings. The first-order valence-electron chi connectivity index (χ1n) is 11.4. The normalized spacial score (nSPS) is 15.3. The summed E-state index contributed by atoms with van der Waals surface area (Å²) < 4.78 is 42.1. The van der Waals surface area contributed by atoms with Gasteiger partial charge in [0, 0.05) is 32.6 Å². The molecular weight excluding hydrogens is 490 g/mol. The maximum absolute atomic E-state index is 13.3. The largest absolute Gasteiger partial charge is 0.381 e. The van der Waals surface area contributed by atoms with Crippen molar-refractivity contribution in [2.45, 2.75) is 56.6 Å². The van der Waals surface area contributed by atoms with E-state index in [-0.39, 0.29) is 28.6 Å². The van der Waals surface area contributed by atoms with Crippen LogP contribution in [-0.2, 0) is 31.5 Å². The average Bonchev–Trinajstić information content (AvgIpc) is 3.22. The summed E-state index contributed by atoms with van der Waals surface area (Å²) in [6.45, 7) is 7.72. The summed E-state index contributed by atoms with van der Waals surface area (Å²) >= 11 is 6.22. The fraction of sp³-hybridized carbons (Fsp3) is 0.458. The number of hydrogen-bond donors (Lipinski definition) is 1. The first-order chi connectivity index (χ1) is 16.6. The maximum atomic E-state index is 13.3. The monoisotopic (exact) mass is 519 g/mol. The molecule has 1 fully saturated rings. The third kappa shape index (κ3) is 5.66. The van der Waals surface area contributed by atoms with Crippen LogP contribution >= 0.6 is 11.6 Å². The Morgan fingerprint density at radius 2 is 1.86 bits per heavy atom. The minimum absolute atomic E-state index is 0.0748. The second-order valence-corrected chi connectivity index (χ2v) is 11.6. The molecule has 0 unspecified atom stereocenters. The number of nitrogens with one attached hydrogen (secondary N) is 1. The van der Waals surface area contributed by atoms with E-state index >= 15 is 0 Å². The number of benzene rings is 1. The molecule has 0 aliphatic carbocycles. The Bertz CT molecular complexity index is 1280. The molecule has 11 heteroatoms. The molecule has 0 saturated carbocycles. The lowest BCUT2D eigenvalue weighted by Crippen LogP contribution is -2.23. The van der Waals surface area contributed by atoms with Crippen LogP contribution in [0.5, 0.6) is 0 Å². The van der Waals surface area contributed by atoms with Gasteiger partial charge < -0.3 is 14.0 Å². The Balaban J connectivity index is 1.74. The zero-order chi connectivity index (χ0) is 25.2. The number of anilines is 1. The van der Waals surface area contributed by atoms with Crippen LogP contribution in [-0.4, -0.2) is 48.5 Å². The highest BCUT2D eigenvalue weighted by molar-refractivity contribution is 7.92. The zero-order valence-corrected chi connectivity index (χ0v) is 21.9. The van der Waals surface area contributed by atoms with E-state index in [9.17, 15) is 8.42 Å². The number of methoxy groups -OCH3 is 1. The summed E-state index contributed by atoms with van der Waals surface area (Å²) in [5.74, 6) is 1.08. The van der Waals surface area contributed by atoms with Gasteiger partial charge in [-0.05, 0) is 42.0 Å². The molecule has 35 heavy (non-hydrogen) atoms. The molecule has 188 valence electrons. The molecule has 1 aromatic carbocycles. The number of halogens is 1. The van der Waals surface area contributed by atoms with Crippen LogP contribution in [0.2, 0.25) is 5.02 Å². The van der Waals surface area contributed by atoms with Gasteiger partial charge in [0.15, 0.2) is 11.6 Å². The van der Waals surface area contributed by atoms with E-state index in [1.54, 1.807) is 19.2 Å². The second-order valence-electron chi connectivity index (χ2n) is 9.52. The molecule has 0 amide bonds. The van der Waals surface area contributed by atoms with E-state index in [1.807, 2.05) is 16.7 Å². The van der Waals surface area contributed by atoms with Gasteiger partial charge in [-0.3, -0.25) is 4.72 Å². The van der Waals surface area contributed by atoms with Gasteiger partial charge in [-0.1, -0.05) is 44.5 Å². The van der Waals surface area contributed by atoms with Crippen LogP contribution in [0.4, 0.5) is 5.69 Å². The van der Waals surface area contributed by atoms with Crippen LogP contribution < -0.4 is 4.72 Å². The molecule has 4 rings (SSSR count). The lowest BCUT2D eigenvalue weighted by atomic mass is 9.87. The zero-order valence-electron chi connectivity index (χ0n) is 20.3. The van der Waals surface area contributed by atoms with E-state index in [0.29, 0.717) is 35.6 Å². The van der Waals surface area contributed by atoms with Crippen LogP contribution in [0.25, 0.3) is 11.5 Å². The van der Waals surface area contributed by atoms with E-state index in [1.165, 1.54) is 12.3 Å². The number of pyridine rings is 1. The molecule has 0 radical (unpaired) electrons. The fourth-order valence-corrected chi connectivity index (χ4v) is 5.29. The highest BCUT2D eigenvalue weighted by atomic mass is 35.5. The van der Waals surface area contributed by atoms with Crippen LogP contribution in [0, 0.1) is 0 Å². The minimum Gasteiger partial charge on any atom is -0.381 e. The summed E-state index contributed by atoms with van der Waals surface area (Å²) in [4.78, 5) is 4.59. The van der Waals surface area contributed by atoms with Gasteiger partial charge in [0.05, 0.1) is 15.6 Å². The Morgan fingerprint density at radius 3 is 2.49 bits per heavy atom. The standard InChI is InChI=1S/C24H30ClN5O4S/c1-24(2,3)16-5-7-19(8-6-16)35(31,32)29-20-13-17(25)14-26-22(20)23-28-27-21(15-33-4)30(23)18-9-11-34-12-10-18/h5-8,13-14,18,29H,9-12,15H2,1-4H3. The molecular formula is C24H30ClN5O4S. The quantitative estimate of drug-likeness (QED) is 0.486. The topological polar surface area (TPSA) is 108 Å². The van der Waals surface area contributed by atoms with Crippen molar-refractivity contribution in [1.29, 1.82) is 0 Å². The van der Waals surface area contributed by atoms with Gasteiger partial charge in [0.2, 0.25) is 0 Å². The number of rotatable bonds is 7. The Hall–Kier alpha value is -2.53. The molecule has 0 atom stereocenters. The summed E-state index contributed by atoms with van der Waals surface area (Å²) in [6, 6.07) is 8.45. The lowest BCUT2D eigenvalue weighted by Gasteiger charge is -2.26. The maximum Gasteiger partial charge on any atom is 0.261 e. The van der Waals surface area contributed by atoms with Crippen molar-refractivity contribution >= 4 is 27.3 Å². The van der Waals surface area contributed by atoms with Gasteiger partial charge in [-0.2, -0.15) is 0 Å². The molecule has 0 spiro atoms. The first kappa shape index (κ1) is 25.6. The highest BCUT2D eigenvalue weighted by Gasteiger charge is 2.27. The van der Waals surface area contributed by atoms with Gasteiger partial charge in [-0.25, -0.2) is 13.4 Å². The van der Waals surface area contributed by atoms with Crippen LogP contribution in [0.3, 0.4) is 0 Å². The first-order valence-corrected chi connectivity index (χ1v) is 13.3. The summed E-state index contributed by atoms with van der Waals surface area (Å²) in [5, 5.41) is 8.96. The number of ether oxygens (including phenoxy) is 2. The van der Waals surface area contributed by atoms with Crippen molar-refractivity contribution in [2.75, 3.05) is 25.0 Å². The van der Waals surface area contributed by atoms with Gasteiger partial charge in [0.1, 0.15) is 12.3 Å². The Labute approximate surface area is 210 Å². The number of hydrogen-bond acceptors (Lipinski definition) is 7. The second kappa shape index (κ2) is 10.2. The Morgan fingerprint density at radius 1 is 1.17 bits per heavy atom. The lowest BCUT2D eigenvalue weighted by molar-refractivity contribution is 0.0670. The molecule has 1 N–H and O–H groups in total. The molecule has 1 aliphatic heterocycles. The third-order valence-corrected chi connectivity index (χ3v) is 7.53. The molecule has 2 aromatic heterocycles. The van der Waals surface area contributed by atoms with Crippen molar-refractivity contribution in [1.82, 2.24) is 19.7 Å². The van der Waals surface area contributed by atoms with Crippen molar-refractivity contribution in [3.05, 3.63) is 52.9 Å². The minimum atomic E-state index is -3.91. The molecule has 0 bridgehead atoms. The summed E-state index contributed by atoms with van der Waals surface area (Å²) in [5.41, 5.74) is 1.51. The van der Waals surface area contributed by atoms with Crippen LogP contribution in [0.15, 0.2) is 41.4 Å². The van der Waals surface area contributed by atoms with Crippen molar-refractivity contribution in [3.63, 3.8) is 0 Å². The molecule has 9 nitrogen and oxygen atoms in total. The number of sulfonamides is 1. The average molecular weight is 520 g/mol. The predicted octanol–water partition coefficient (Wildman–Crippen LogP) is 4.59. The van der Waals surface area contributed by atoms with E-state index in [4.69, 9.17) is 21.1 Å². The smallest absolute Gasteiger partial charge is 0.261 e. The van der Waals surface area contributed by atoms with Gasteiger partial charge in [0.25, 0.3) is 10.0 Å². The predicted molar refractivity (Wildman–Crippen MR) is 134 cm³/mol. The van der Waals surface area contributed by atoms with Crippen LogP contribution in [0.1, 0.15) is 51.0 Å². The van der Waals surface area contributed by atoms with E-state index in [2.05, 4.69) is 40.7 Å². The number of aromatic nitrogens is 4. The van der Waals surface area contributed by atoms with Crippen molar-refractivity contribution in [3.8, 4) is 11.5 Å². The fourth-order valence-electron chi connectivity index (χ4n) is 4.07. The SMILES string of the molecule is COCc1nnc(-c2ncc(Cl)cc2NS(=O)(=O)c2ccc(C(C)(C)C)cc2)n1C1CCOCC1.